The number of allylic oxidation sites excluding steroid dienone is 1. The van der Waals surface area contributed by atoms with Gasteiger partial charge in [-0.25, -0.2) is 0 Å². The average Bonchev–Trinajstić information content (AvgIpc) is 3.48. The molecule has 1 unspecified atom stereocenters. The summed E-state index contributed by atoms with van der Waals surface area (Å²) in [5.41, 5.74) is 6.21. The topological polar surface area (TPSA) is 66.6 Å². The normalized spacial score (nSPS) is 13.6. The zero-order valence-electron chi connectivity index (χ0n) is 20.0. The van der Waals surface area contributed by atoms with Crippen molar-refractivity contribution in [2.75, 3.05) is 0 Å². The lowest BCUT2D eigenvalue weighted by Gasteiger charge is -2.21. The summed E-state index contributed by atoms with van der Waals surface area (Å²) < 4.78 is 6.28. The summed E-state index contributed by atoms with van der Waals surface area (Å²) in [7, 11) is 0. The van der Waals surface area contributed by atoms with Crippen molar-refractivity contribution in [2.24, 2.45) is 5.92 Å². The Morgan fingerprint density at radius 2 is 1.91 bits per heavy atom. The predicted molar refractivity (Wildman–Crippen MR) is 141 cm³/mol. The Morgan fingerprint density at radius 3 is 2.71 bits per heavy atom. The standard InChI is InChI=1S/C29H32N4O/c1-4-22(29(17-21(2)3)34-20-26-9-7-8-16-30-26)12-14-24-18-25(33-32-24)15-13-23-19-31-28-11-6-5-10-27(23)28/h4-16,18-19,21,29,31H,17,20H2,1-3H3,(H,32,33)/b14-12+,15-13+,22-4-. The molecule has 34 heavy (non-hydrogen) atoms. The van der Waals surface area contributed by atoms with Gasteiger partial charge in [0, 0.05) is 23.3 Å². The summed E-state index contributed by atoms with van der Waals surface area (Å²) in [6.07, 6.45) is 15.2. The number of H-pyrrole nitrogens is 2. The number of nitrogens with one attached hydrogen (secondary N) is 2. The van der Waals surface area contributed by atoms with E-state index in [9.17, 15) is 0 Å². The van der Waals surface area contributed by atoms with Crippen LogP contribution in [0.1, 0.15) is 49.8 Å². The highest BCUT2D eigenvalue weighted by Crippen LogP contribution is 2.22. The molecule has 5 nitrogen and oxygen atoms in total. The van der Waals surface area contributed by atoms with Gasteiger partial charge in [0.2, 0.25) is 0 Å². The van der Waals surface area contributed by atoms with Crippen molar-refractivity contribution >= 4 is 29.1 Å². The number of benzene rings is 1. The van der Waals surface area contributed by atoms with Gasteiger partial charge in [0.15, 0.2) is 0 Å². The Balaban J connectivity index is 1.43. The largest absolute Gasteiger partial charge is 0.367 e. The molecule has 5 heteroatoms. The molecule has 1 atom stereocenters. The van der Waals surface area contributed by atoms with Gasteiger partial charge in [-0.1, -0.05) is 56.3 Å². The van der Waals surface area contributed by atoms with Gasteiger partial charge < -0.3 is 9.72 Å². The second kappa shape index (κ2) is 11.4. The molecule has 0 aliphatic rings. The number of rotatable bonds is 10. The SMILES string of the molecule is C/C=C(/C=C/c1cc(/C=C/c2c[nH]c3ccccc23)[nH]n1)C(CC(C)C)OCc1ccccn1. The Kier molecular flexibility index (Phi) is 7.89. The summed E-state index contributed by atoms with van der Waals surface area (Å²) in [4.78, 5) is 7.68. The van der Waals surface area contributed by atoms with Crippen LogP contribution in [0.25, 0.3) is 29.1 Å². The summed E-state index contributed by atoms with van der Waals surface area (Å²) >= 11 is 0. The van der Waals surface area contributed by atoms with Gasteiger partial charge in [0.25, 0.3) is 0 Å². The van der Waals surface area contributed by atoms with E-state index in [1.54, 1.807) is 6.20 Å². The minimum absolute atomic E-state index is 0.00318. The fourth-order valence-electron chi connectivity index (χ4n) is 3.90. The number of fused-ring (bicyclic) bond motifs is 1. The monoisotopic (exact) mass is 452 g/mol. The fourth-order valence-corrected chi connectivity index (χ4v) is 3.90. The second-order valence-corrected chi connectivity index (χ2v) is 8.74. The maximum atomic E-state index is 6.28. The number of hydrogen-bond acceptors (Lipinski definition) is 3. The highest BCUT2D eigenvalue weighted by Gasteiger charge is 2.15. The van der Waals surface area contributed by atoms with Crippen LogP contribution in [0, 0.1) is 5.92 Å². The van der Waals surface area contributed by atoms with Crippen molar-refractivity contribution in [1.29, 1.82) is 0 Å². The molecule has 0 spiro atoms. The van der Waals surface area contributed by atoms with Crippen molar-refractivity contribution in [2.45, 2.75) is 39.9 Å². The smallest absolute Gasteiger partial charge is 0.0896 e. The van der Waals surface area contributed by atoms with Gasteiger partial charge in [-0.15, -0.1) is 0 Å². The molecule has 4 aromatic rings. The molecule has 0 radical (unpaired) electrons. The van der Waals surface area contributed by atoms with E-state index in [0.29, 0.717) is 12.5 Å². The molecule has 2 N–H and O–H groups in total. The molecule has 0 amide bonds. The van der Waals surface area contributed by atoms with E-state index in [1.165, 1.54) is 5.39 Å². The van der Waals surface area contributed by atoms with E-state index >= 15 is 0 Å². The first-order valence-corrected chi connectivity index (χ1v) is 11.8. The maximum absolute atomic E-state index is 6.28. The zero-order valence-corrected chi connectivity index (χ0v) is 20.0. The van der Waals surface area contributed by atoms with Crippen LogP contribution in [0.15, 0.2) is 78.6 Å². The molecular weight excluding hydrogens is 420 g/mol. The molecular formula is C29H32N4O. The molecule has 0 fully saturated rings. The molecule has 1 aromatic carbocycles. The average molecular weight is 453 g/mol. The van der Waals surface area contributed by atoms with Gasteiger partial charge in [0.1, 0.15) is 0 Å². The molecule has 0 aliphatic heterocycles. The van der Waals surface area contributed by atoms with Crippen molar-refractivity contribution in [1.82, 2.24) is 20.2 Å². The molecule has 0 aliphatic carbocycles. The zero-order chi connectivity index (χ0) is 23.8. The Bertz CT molecular complexity index is 1280. The second-order valence-electron chi connectivity index (χ2n) is 8.74. The molecule has 3 aromatic heterocycles. The maximum Gasteiger partial charge on any atom is 0.0896 e. The Morgan fingerprint density at radius 1 is 1.06 bits per heavy atom. The number of nitrogens with zero attached hydrogens (tertiary/aromatic N) is 2. The molecule has 0 saturated heterocycles. The molecule has 0 bridgehead atoms. The molecule has 3 heterocycles. The Labute approximate surface area is 201 Å². The van der Waals surface area contributed by atoms with Crippen LogP contribution in [0.2, 0.25) is 0 Å². The summed E-state index contributed by atoms with van der Waals surface area (Å²) in [5.74, 6) is 0.517. The van der Waals surface area contributed by atoms with Crippen LogP contribution in [-0.4, -0.2) is 26.3 Å². The van der Waals surface area contributed by atoms with Crippen LogP contribution < -0.4 is 0 Å². The lowest BCUT2D eigenvalue weighted by molar-refractivity contribution is 0.0511. The fraction of sp³-hybridized carbons (Fsp3) is 0.241. The molecule has 0 saturated carbocycles. The van der Waals surface area contributed by atoms with Gasteiger partial charge in [-0.05, 0) is 66.8 Å². The quantitative estimate of drug-likeness (QED) is 0.253. The van der Waals surface area contributed by atoms with Crippen LogP contribution >= 0.6 is 0 Å². The summed E-state index contributed by atoms with van der Waals surface area (Å²) in [5, 5.41) is 8.77. The van der Waals surface area contributed by atoms with Crippen molar-refractivity contribution in [3.05, 3.63) is 101 Å². The molecule has 174 valence electrons. The number of hydrogen-bond donors (Lipinski definition) is 2. The van der Waals surface area contributed by atoms with E-state index in [4.69, 9.17) is 4.74 Å². The third kappa shape index (κ3) is 6.21. The first kappa shape index (κ1) is 23.5. The first-order chi connectivity index (χ1) is 16.6. The number of aromatic nitrogens is 4. The van der Waals surface area contributed by atoms with Gasteiger partial charge in [-0.2, -0.15) is 5.10 Å². The third-order valence-electron chi connectivity index (χ3n) is 5.68. The summed E-state index contributed by atoms with van der Waals surface area (Å²) in [6, 6.07) is 16.2. The van der Waals surface area contributed by atoms with Crippen molar-refractivity contribution < 1.29 is 4.74 Å². The van der Waals surface area contributed by atoms with Gasteiger partial charge >= 0.3 is 0 Å². The highest BCUT2D eigenvalue weighted by molar-refractivity contribution is 5.91. The van der Waals surface area contributed by atoms with Gasteiger partial charge in [-0.3, -0.25) is 10.1 Å². The van der Waals surface area contributed by atoms with Crippen LogP contribution in [0.3, 0.4) is 0 Å². The Hall–Kier alpha value is -3.70. The van der Waals surface area contributed by atoms with Crippen LogP contribution in [-0.2, 0) is 11.3 Å². The van der Waals surface area contributed by atoms with Crippen molar-refractivity contribution in [3.8, 4) is 0 Å². The minimum Gasteiger partial charge on any atom is -0.367 e. The number of para-hydroxylation sites is 1. The van der Waals surface area contributed by atoms with Crippen molar-refractivity contribution in [3.63, 3.8) is 0 Å². The third-order valence-corrected chi connectivity index (χ3v) is 5.68. The number of pyridine rings is 1. The van der Waals surface area contributed by atoms with Gasteiger partial charge in [0.05, 0.1) is 29.8 Å². The lowest BCUT2D eigenvalue weighted by atomic mass is 9.98. The lowest BCUT2D eigenvalue weighted by Crippen LogP contribution is -2.18. The van der Waals surface area contributed by atoms with E-state index < -0.39 is 0 Å². The summed E-state index contributed by atoms with van der Waals surface area (Å²) in [6.45, 7) is 6.98. The van der Waals surface area contributed by atoms with E-state index in [-0.39, 0.29) is 6.10 Å². The highest BCUT2D eigenvalue weighted by atomic mass is 16.5. The van der Waals surface area contributed by atoms with E-state index in [2.05, 4.69) is 77.4 Å². The van der Waals surface area contributed by atoms with E-state index in [0.717, 1.165) is 40.2 Å². The van der Waals surface area contributed by atoms with Crippen LogP contribution in [0.5, 0.6) is 0 Å². The van der Waals surface area contributed by atoms with Crippen LogP contribution in [0.4, 0.5) is 0 Å². The minimum atomic E-state index is 0.00318. The predicted octanol–water partition coefficient (Wildman–Crippen LogP) is 7.05. The number of aromatic amines is 2. The molecule has 4 rings (SSSR count). The number of ether oxygens (including phenoxy) is 1. The first-order valence-electron chi connectivity index (χ1n) is 11.8. The van der Waals surface area contributed by atoms with E-state index in [1.807, 2.05) is 48.7 Å².